The molecule has 0 saturated heterocycles. The molecule has 4 heteroatoms. The summed E-state index contributed by atoms with van der Waals surface area (Å²) in [6.45, 7) is 5.15. The number of rotatable bonds is 2. The number of ether oxygens (including phenoxy) is 1. The fourth-order valence-corrected chi connectivity index (χ4v) is 1.64. The molecule has 14 heavy (non-hydrogen) atoms. The van der Waals surface area contributed by atoms with E-state index < -0.39 is 5.66 Å². The van der Waals surface area contributed by atoms with Crippen LogP contribution in [0.15, 0.2) is 12.2 Å². The molecule has 0 aromatic carbocycles. The highest BCUT2D eigenvalue weighted by atomic mass is 16.5. The van der Waals surface area contributed by atoms with Gasteiger partial charge in [-0.2, -0.15) is 0 Å². The van der Waals surface area contributed by atoms with Crippen LogP contribution in [0.4, 0.5) is 0 Å². The minimum absolute atomic E-state index is 0.150. The fourth-order valence-electron chi connectivity index (χ4n) is 1.64. The highest BCUT2D eigenvalue weighted by Crippen LogP contribution is 2.24. The Balaban J connectivity index is 2.46. The highest BCUT2D eigenvalue weighted by molar-refractivity contribution is 5.87. The van der Waals surface area contributed by atoms with E-state index in [1.54, 1.807) is 6.92 Å². The maximum atomic E-state index is 11.2. The Hall–Kier alpha value is -0.870. The van der Waals surface area contributed by atoms with E-state index in [0.717, 1.165) is 19.3 Å². The van der Waals surface area contributed by atoms with Crippen LogP contribution >= 0.6 is 0 Å². The quantitative estimate of drug-likeness (QED) is 0.388. The van der Waals surface area contributed by atoms with Crippen LogP contribution in [0.2, 0.25) is 0 Å². The van der Waals surface area contributed by atoms with Gasteiger partial charge in [-0.3, -0.25) is 0 Å². The maximum absolute atomic E-state index is 11.2. The summed E-state index contributed by atoms with van der Waals surface area (Å²) in [5.41, 5.74) is 11.3. The molecule has 0 aliphatic heterocycles. The third kappa shape index (κ3) is 3.12. The van der Waals surface area contributed by atoms with Gasteiger partial charge in [0.25, 0.3) is 0 Å². The third-order valence-corrected chi connectivity index (χ3v) is 2.40. The molecule has 1 saturated carbocycles. The first kappa shape index (κ1) is 11.2. The lowest BCUT2D eigenvalue weighted by atomic mass is 9.88. The summed E-state index contributed by atoms with van der Waals surface area (Å²) in [5, 5.41) is 0. The molecule has 1 fully saturated rings. The molecule has 0 aromatic heterocycles. The van der Waals surface area contributed by atoms with E-state index >= 15 is 0 Å². The van der Waals surface area contributed by atoms with E-state index in [-0.39, 0.29) is 12.1 Å². The number of carbonyl (C=O) groups excluding carboxylic acids is 1. The molecule has 1 aliphatic carbocycles. The van der Waals surface area contributed by atoms with Crippen molar-refractivity contribution in [2.75, 3.05) is 0 Å². The van der Waals surface area contributed by atoms with Gasteiger partial charge in [-0.1, -0.05) is 6.58 Å². The van der Waals surface area contributed by atoms with Gasteiger partial charge in [0.1, 0.15) is 6.10 Å². The van der Waals surface area contributed by atoms with Gasteiger partial charge < -0.3 is 16.2 Å². The zero-order valence-corrected chi connectivity index (χ0v) is 8.58. The first-order valence-electron chi connectivity index (χ1n) is 4.85. The Bertz CT molecular complexity index is 249. The minimum atomic E-state index is -0.682. The van der Waals surface area contributed by atoms with Crippen LogP contribution in [0.1, 0.15) is 32.6 Å². The zero-order chi connectivity index (χ0) is 10.8. The van der Waals surface area contributed by atoms with E-state index in [2.05, 4.69) is 6.58 Å². The predicted molar refractivity (Wildman–Crippen MR) is 54.3 cm³/mol. The van der Waals surface area contributed by atoms with Crippen molar-refractivity contribution >= 4 is 5.97 Å². The molecule has 0 radical (unpaired) electrons. The molecule has 1 unspecified atom stereocenters. The molecule has 0 bridgehead atoms. The van der Waals surface area contributed by atoms with Crippen LogP contribution < -0.4 is 11.5 Å². The Morgan fingerprint density at radius 1 is 1.57 bits per heavy atom. The topological polar surface area (TPSA) is 78.3 Å². The van der Waals surface area contributed by atoms with E-state index in [9.17, 15) is 4.79 Å². The SMILES string of the molecule is C=C(C)C(=O)OC1CCCC(N)(N)C1. The second-order valence-corrected chi connectivity index (χ2v) is 4.14. The van der Waals surface area contributed by atoms with Crippen molar-refractivity contribution in [3.8, 4) is 0 Å². The average molecular weight is 198 g/mol. The van der Waals surface area contributed by atoms with Gasteiger partial charge in [0.2, 0.25) is 0 Å². The van der Waals surface area contributed by atoms with Crippen molar-refractivity contribution in [2.45, 2.75) is 44.4 Å². The molecule has 1 rings (SSSR count). The van der Waals surface area contributed by atoms with Gasteiger partial charge in [0, 0.05) is 12.0 Å². The Morgan fingerprint density at radius 3 is 2.71 bits per heavy atom. The summed E-state index contributed by atoms with van der Waals surface area (Å²) in [6, 6.07) is 0. The van der Waals surface area contributed by atoms with Crippen LogP contribution in [0, 0.1) is 0 Å². The Morgan fingerprint density at radius 2 is 2.21 bits per heavy atom. The zero-order valence-electron chi connectivity index (χ0n) is 8.58. The Labute approximate surface area is 84.3 Å². The van der Waals surface area contributed by atoms with Gasteiger partial charge in [0.05, 0.1) is 5.66 Å². The summed E-state index contributed by atoms with van der Waals surface area (Å²) in [6.07, 6.45) is 2.92. The summed E-state index contributed by atoms with van der Waals surface area (Å²) in [5.74, 6) is -0.354. The molecule has 1 atom stereocenters. The van der Waals surface area contributed by atoms with E-state index in [1.165, 1.54) is 0 Å². The second kappa shape index (κ2) is 4.11. The second-order valence-electron chi connectivity index (χ2n) is 4.14. The van der Waals surface area contributed by atoms with Crippen molar-refractivity contribution in [1.82, 2.24) is 0 Å². The van der Waals surface area contributed by atoms with Crippen LogP contribution in [-0.2, 0) is 9.53 Å². The smallest absolute Gasteiger partial charge is 0.333 e. The molecule has 80 valence electrons. The van der Waals surface area contributed by atoms with Gasteiger partial charge >= 0.3 is 5.97 Å². The lowest BCUT2D eigenvalue weighted by Crippen LogP contribution is -2.54. The number of hydrogen-bond donors (Lipinski definition) is 2. The predicted octanol–water partition coefficient (Wildman–Crippen LogP) is 0.662. The lowest BCUT2D eigenvalue weighted by Gasteiger charge is -2.34. The number of carbonyl (C=O) groups is 1. The first-order chi connectivity index (χ1) is 6.41. The Kier molecular flexibility index (Phi) is 3.29. The molecular weight excluding hydrogens is 180 g/mol. The number of hydrogen-bond acceptors (Lipinski definition) is 4. The summed E-state index contributed by atoms with van der Waals surface area (Å²) in [7, 11) is 0. The van der Waals surface area contributed by atoms with Gasteiger partial charge in [0.15, 0.2) is 0 Å². The standard InChI is InChI=1S/C10H18N2O2/c1-7(2)9(13)14-8-4-3-5-10(11,12)6-8/h8H,1,3-6,11-12H2,2H3. The molecule has 1 aliphatic rings. The largest absolute Gasteiger partial charge is 0.459 e. The van der Waals surface area contributed by atoms with E-state index in [4.69, 9.17) is 16.2 Å². The normalized spacial score (nSPS) is 25.5. The summed E-state index contributed by atoms with van der Waals surface area (Å²) >= 11 is 0. The van der Waals surface area contributed by atoms with Crippen LogP contribution in [0.3, 0.4) is 0 Å². The molecule has 4 nitrogen and oxygen atoms in total. The summed E-state index contributed by atoms with van der Waals surface area (Å²) in [4.78, 5) is 11.2. The molecule has 0 heterocycles. The molecular formula is C10H18N2O2. The van der Waals surface area contributed by atoms with Crippen molar-refractivity contribution in [3.05, 3.63) is 12.2 Å². The highest BCUT2D eigenvalue weighted by Gasteiger charge is 2.31. The van der Waals surface area contributed by atoms with Crippen LogP contribution in [0.25, 0.3) is 0 Å². The molecule has 0 aromatic rings. The van der Waals surface area contributed by atoms with Crippen molar-refractivity contribution in [2.24, 2.45) is 11.5 Å². The minimum Gasteiger partial charge on any atom is -0.459 e. The summed E-state index contributed by atoms with van der Waals surface area (Å²) < 4.78 is 5.19. The molecule has 4 N–H and O–H groups in total. The van der Waals surface area contributed by atoms with E-state index in [1.807, 2.05) is 0 Å². The van der Waals surface area contributed by atoms with Gasteiger partial charge in [-0.15, -0.1) is 0 Å². The number of nitrogens with two attached hydrogens (primary N) is 2. The third-order valence-electron chi connectivity index (χ3n) is 2.40. The van der Waals surface area contributed by atoms with Gasteiger partial charge in [-0.25, -0.2) is 4.79 Å². The maximum Gasteiger partial charge on any atom is 0.333 e. The van der Waals surface area contributed by atoms with E-state index in [0.29, 0.717) is 12.0 Å². The van der Waals surface area contributed by atoms with Crippen LogP contribution in [-0.4, -0.2) is 17.7 Å². The molecule has 0 spiro atoms. The monoisotopic (exact) mass is 198 g/mol. The van der Waals surface area contributed by atoms with Crippen molar-refractivity contribution in [1.29, 1.82) is 0 Å². The van der Waals surface area contributed by atoms with Crippen molar-refractivity contribution in [3.63, 3.8) is 0 Å². The lowest BCUT2D eigenvalue weighted by molar-refractivity contribution is -0.146. The fraction of sp³-hybridized carbons (Fsp3) is 0.700. The number of esters is 1. The van der Waals surface area contributed by atoms with Crippen LogP contribution in [0.5, 0.6) is 0 Å². The van der Waals surface area contributed by atoms with Gasteiger partial charge in [-0.05, 0) is 26.2 Å². The molecule has 0 amide bonds. The average Bonchev–Trinajstić information content (AvgIpc) is 2.01. The van der Waals surface area contributed by atoms with Crippen molar-refractivity contribution < 1.29 is 9.53 Å². The first-order valence-corrected chi connectivity index (χ1v) is 4.85.